The van der Waals surface area contributed by atoms with Crippen molar-refractivity contribution in [2.24, 2.45) is 0 Å². The molecule has 0 unspecified atom stereocenters. The molecule has 1 aliphatic rings. The molecule has 1 aromatic heterocycles. The van der Waals surface area contributed by atoms with E-state index in [1.165, 1.54) is 0 Å². The fraction of sp³-hybridized carbons (Fsp3) is 0.556. The first-order valence-corrected chi connectivity index (χ1v) is 5.19. The van der Waals surface area contributed by atoms with Crippen LogP contribution in [0.5, 0.6) is 0 Å². The fourth-order valence-electron chi connectivity index (χ4n) is 1.80. The number of aromatic nitrogens is 2. The van der Waals surface area contributed by atoms with Gasteiger partial charge in [0.2, 0.25) is 0 Å². The van der Waals surface area contributed by atoms with Crippen molar-refractivity contribution in [3.8, 4) is 0 Å². The van der Waals surface area contributed by atoms with Gasteiger partial charge in [-0.3, -0.25) is 14.3 Å². The number of hydrogen-bond acceptors (Lipinski definition) is 7. The predicted octanol–water partition coefficient (Wildman–Crippen LogP) is -3.27. The number of aromatic amines is 1. The van der Waals surface area contributed by atoms with Gasteiger partial charge in [0, 0.05) is 6.20 Å². The molecule has 6 N–H and O–H groups in total. The van der Waals surface area contributed by atoms with Gasteiger partial charge in [0.25, 0.3) is 5.56 Å². The molecule has 2 heterocycles. The molecule has 9 heteroatoms. The van der Waals surface area contributed by atoms with Crippen LogP contribution in [0.1, 0.15) is 6.23 Å². The molecule has 0 saturated carbocycles. The molecule has 9 nitrogen and oxygen atoms in total. The van der Waals surface area contributed by atoms with Crippen molar-refractivity contribution in [3.05, 3.63) is 27.0 Å². The van der Waals surface area contributed by atoms with E-state index in [1.807, 2.05) is 4.98 Å². The zero-order valence-electron chi connectivity index (χ0n) is 9.18. The topological polar surface area (TPSA) is 151 Å². The van der Waals surface area contributed by atoms with Crippen LogP contribution in [0, 0.1) is 0 Å². The fourth-order valence-corrected chi connectivity index (χ4v) is 1.80. The molecular weight excluding hydrogens is 246 g/mol. The van der Waals surface area contributed by atoms with Gasteiger partial charge in [0.15, 0.2) is 6.23 Å². The first-order chi connectivity index (χ1) is 8.45. The van der Waals surface area contributed by atoms with Crippen molar-refractivity contribution < 1.29 is 20.1 Å². The van der Waals surface area contributed by atoms with Crippen LogP contribution in [0.3, 0.4) is 0 Å². The maximum absolute atomic E-state index is 11.5. The Morgan fingerprint density at radius 2 is 2.06 bits per heavy atom. The smallest absolute Gasteiger partial charge is 0.330 e. The van der Waals surface area contributed by atoms with E-state index in [2.05, 4.69) is 0 Å². The van der Waals surface area contributed by atoms with Gasteiger partial charge in [-0.1, -0.05) is 0 Å². The van der Waals surface area contributed by atoms with Crippen LogP contribution in [0.4, 0.5) is 5.69 Å². The quantitative estimate of drug-likeness (QED) is 0.373. The Morgan fingerprint density at radius 3 is 2.61 bits per heavy atom. The minimum Gasteiger partial charge on any atom is -0.394 e. The number of nitrogen functional groups attached to an aromatic ring is 1. The molecule has 1 saturated heterocycles. The summed E-state index contributed by atoms with van der Waals surface area (Å²) < 4.78 is 5.99. The third-order valence-corrected chi connectivity index (χ3v) is 2.79. The SMILES string of the molecule is Nc1cn([C@H]2O[C@@H](CO)[C@@H](O)[C@H]2O)c(=O)[nH]c1=O. The number of nitrogens with two attached hydrogens (primary N) is 1. The van der Waals surface area contributed by atoms with E-state index in [0.29, 0.717) is 0 Å². The molecule has 1 fully saturated rings. The number of anilines is 1. The second-order valence-corrected chi connectivity index (χ2v) is 3.98. The highest BCUT2D eigenvalue weighted by molar-refractivity contribution is 5.30. The van der Waals surface area contributed by atoms with Gasteiger partial charge in [-0.15, -0.1) is 0 Å². The van der Waals surface area contributed by atoms with E-state index in [1.54, 1.807) is 0 Å². The predicted molar refractivity (Wildman–Crippen MR) is 58.7 cm³/mol. The van der Waals surface area contributed by atoms with Crippen LogP contribution >= 0.6 is 0 Å². The minimum atomic E-state index is -1.41. The Labute approximate surface area is 100 Å². The zero-order chi connectivity index (χ0) is 13.4. The summed E-state index contributed by atoms with van der Waals surface area (Å²) >= 11 is 0. The summed E-state index contributed by atoms with van der Waals surface area (Å²) in [5, 5.41) is 28.2. The van der Waals surface area contributed by atoms with E-state index >= 15 is 0 Å². The lowest BCUT2D eigenvalue weighted by Crippen LogP contribution is -2.38. The number of hydrogen-bond donors (Lipinski definition) is 5. The van der Waals surface area contributed by atoms with E-state index in [4.69, 9.17) is 15.6 Å². The maximum atomic E-state index is 11.5. The van der Waals surface area contributed by atoms with Crippen molar-refractivity contribution in [1.82, 2.24) is 9.55 Å². The Hall–Kier alpha value is -1.68. The summed E-state index contributed by atoms with van der Waals surface area (Å²) in [6.45, 7) is -0.512. The molecule has 0 radical (unpaired) electrons. The van der Waals surface area contributed by atoms with Crippen LogP contribution in [-0.4, -0.2) is 49.8 Å². The number of nitrogens with zero attached hydrogens (tertiary/aromatic N) is 1. The molecule has 0 aliphatic carbocycles. The average molecular weight is 259 g/mol. The summed E-state index contributed by atoms with van der Waals surface area (Å²) in [7, 11) is 0. The summed E-state index contributed by atoms with van der Waals surface area (Å²) in [6.07, 6.45) is -3.96. The number of H-pyrrole nitrogens is 1. The zero-order valence-corrected chi connectivity index (χ0v) is 9.18. The van der Waals surface area contributed by atoms with Crippen LogP contribution in [-0.2, 0) is 4.74 Å². The Morgan fingerprint density at radius 1 is 1.39 bits per heavy atom. The van der Waals surface area contributed by atoms with E-state index in [0.717, 1.165) is 10.8 Å². The van der Waals surface area contributed by atoms with Gasteiger partial charge >= 0.3 is 5.69 Å². The molecule has 0 aromatic carbocycles. The highest BCUT2D eigenvalue weighted by Crippen LogP contribution is 2.27. The lowest BCUT2D eigenvalue weighted by molar-refractivity contribution is -0.0549. The first-order valence-electron chi connectivity index (χ1n) is 5.19. The second-order valence-electron chi connectivity index (χ2n) is 3.98. The van der Waals surface area contributed by atoms with Crippen LogP contribution in [0.2, 0.25) is 0 Å². The Balaban J connectivity index is 2.42. The third-order valence-electron chi connectivity index (χ3n) is 2.79. The van der Waals surface area contributed by atoms with Gasteiger partial charge < -0.3 is 25.8 Å². The largest absolute Gasteiger partial charge is 0.394 e. The maximum Gasteiger partial charge on any atom is 0.330 e. The number of nitrogens with one attached hydrogen (secondary N) is 1. The number of ether oxygens (including phenoxy) is 1. The monoisotopic (exact) mass is 259 g/mol. The molecule has 4 atom stereocenters. The number of aliphatic hydroxyl groups is 3. The van der Waals surface area contributed by atoms with Crippen molar-refractivity contribution in [2.45, 2.75) is 24.5 Å². The molecule has 0 amide bonds. The summed E-state index contributed by atoms with van der Waals surface area (Å²) in [5.41, 5.74) is 3.55. The molecule has 1 aliphatic heterocycles. The van der Waals surface area contributed by atoms with Gasteiger partial charge in [-0.05, 0) is 0 Å². The van der Waals surface area contributed by atoms with E-state index < -0.39 is 42.4 Å². The highest BCUT2D eigenvalue weighted by atomic mass is 16.6. The van der Waals surface area contributed by atoms with Crippen LogP contribution < -0.4 is 17.0 Å². The van der Waals surface area contributed by atoms with Crippen molar-refractivity contribution >= 4 is 5.69 Å². The first kappa shape index (κ1) is 12.8. The summed E-state index contributed by atoms with van der Waals surface area (Å²) in [5.74, 6) is 0. The lowest BCUT2D eigenvalue weighted by atomic mass is 10.1. The van der Waals surface area contributed by atoms with E-state index in [9.17, 15) is 19.8 Å². The lowest BCUT2D eigenvalue weighted by Gasteiger charge is -2.17. The van der Waals surface area contributed by atoms with Crippen LogP contribution in [0.25, 0.3) is 0 Å². The number of rotatable bonds is 2. The molecule has 18 heavy (non-hydrogen) atoms. The Kier molecular flexibility index (Phi) is 3.22. The highest BCUT2D eigenvalue weighted by Gasteiger charge is 2.43. The Bertz CT molecular complexity index is 552. The number of aliphatic hydroxyl groups excluding tert-OH is 3. The molecule has 2 rings (SSSR count). The van der Waals surface area contributed by atoms with Crippen LogP contribution in [0.15, 0.2) is 15.8 Å². The minimum absolute atomic E-state index is 0.229. The summed E-state index contributed by atoms with van der Waals surface area (Å²) in [6, 6.07) is 0. The van der Waals surface area contributed by atoms with Gasteiger partial charge in [0.05, 0.1) is 6.61 Å². The van der Waals surface area contributed by atoms with Gasteiger partial charge in [-0.25, -0.2) is 4.79 Å². The molecule has 100 valence electrons. The standard InChI is InChI=1S/C9H13N3O6/c10-3-1-12(9(17)11-7(3)16)8-6(15)5(14)4(2-13)18-8/h1,4-6,8,13-15H,2,10H2,(H,11,16,17)/t4-,5+,6+,8-/m0/s1. The van der Waals surface area contributed by atoms with Crippen molar-refractivity contribution in [1.29, 1.82) is 0 Å². The van der Waals surface area contributed by atoms with Gasteiger partial charge in [-0.2, -0.15) is 0 Å². The summed E-state index contributed by atoms with van der Waals surface area (Å²) in [4.78, 5) is 24.6. The second kappa shape index (κ2) is 4.53. The molecule has 0 spiro atoms. The molecule has 0 bridgehead atoms. The van der Waals surface area contributed by atoms with Crippen molar-refractivity contribution in [3.63, 3.8) is 0 Å². The normalized spacial score (nSPS) is 31.7. The average Bonchev–Trinajstić information content (AvgIpc) is 2.61. The van der Waals surface area contributed by atoms with Crippen molar-refractivity contribution in [2.75, 3.05) is 12.3 Å². The van der Waals surface area contributed by atoms with E-state index in [-0.39, 0.29) is 5.69 Å². The molecular formula is C9H13N3O6. The van der Waals surface area contributed by atoms with Gasteiger partial charge in [0.1, 0.15) is 24.0 Å². The molecule has 1 aromatic rings. The third kappa shape index (κ3) is 1.93.